The van der Waals surface area contributed by atoms with Crippen LogP contribution in [0.2, 0.25) is 5.02 Å². The molecule has 0 spiro atoms. The van der Waals surface area contributed by atoms with Crippen molar-refractivity contribution < 1.29 is 27.2 Å². The number of carbonyl (C=O) groups excluding carboxylic acids is 1. The Kier molecular flexibility index (Phi) is 12.2. The lowest BCUT2D eigenvalue weighted by Crippen LogP contribution is -2.58. The largest absolute Gasteiger partial charge is 0.487 e. The summed E-state index contributed by atoms with van der Waals surface area (Å²) in [5, 5.41) is 3.86. The van der Waals surface area contributed by atoms with Gasteiger partial charge in [-0.2, -0.15) is 4.98 Å². The molecule has 2 aromatic carbocycles. The van der Waals surface area contributed by atoms with E-state index in [4.69, 9.17) is 25.6 Å². The van der Waals surface area contributed by atoms with Crippen LogP contribution in [-0.4, -0.2) is 98.0 Å². The van der Waals surface area contributed by atoms with Gasteiger partial charge >= 0.3 is 0 Å². The van der Waals surface area contributed by atoms with Crippen LogP contribution in [0.25, 0.3) is 0 Å². The fourth-order valence-corrected chi connectivity index (χ4v) is 10.2. The van der Waals surface area contributed by atoms with Gasteiger partial charge in [-0.05, 0) is 112 Å². The van der Waals surface area contributed by atoms with Crippen LogP contribution in [0.4, 0.5) is 5.69 Å². The lowest BCUT2D eigenvalue weighted by molar-refractivity contribution is -0.0957. The molecule has 7 rings (SSSR count). The van der Waals surface area contributed by atoms with E-state index in [0.717, 1.165) is 89.2 Å². The molecule has 1 saturated heterocycles. The molecule has 1 saturated carbocycles. The van der Waals surface area contributed by atoms with E-state index in [1.807, 2.05) is 51.3 Å². The Hall–Kier alpha value is -3.49. The van der Waals surface area contributed by atoms with Gasteiger partial charge < -0.3 is 18.9 Å². The van der Waals surface area contributed by atoms with Gasteiger partial charge in [0.25, 0.3) is 5.91 Å². The zero-order valence-electron chi connectivity index (χ0n) is 32.5. The highest BCUT2D eigenvalue weighted by atomic mass is 35.5. The molecule has 55 heavy (non-hydrogen) atoms. The first kappa shape index (κ1) is 39.7. The van der Waals surface area contributed by atoms with Crippen LogP contribution < -0.4 is 14.4 Å². The van der Waals surface area contributed by atoms with Gasteiger partial charge in [-0.25, -0.2) is 13.1 Å². The zero-order valence-corrected chi connectivity index (χ0v) is 34.1. The van der Waals surface area contributed by atoms with E-state index >= 15 is 0 Å². The molecule has 4 heterocycles. The summed E-state index contributed by atoms with van der Waals surface area (Å²) in [5.41, 5.74) is 2.77. The third-order valence-corrected chi connectivity index (χ3v) is 14.6. The van der Waals surface area contributed by atoms with Gasteiger partial charge in [-0.1, -0.05) is 41.9 Å². The highest BCUT2D eigenvalue weighted by Crippen LogP contribution is 2.47. The summed E-state index contributed by atoms with van der Waals surface area (Å²) < 4.78 is 48.2. The molecular formula is C41H55ClN6O6S. The molecule has 3 aliphatic heterocycles. The Bertz CT molecular complexity index is 1970. The number of methoxy groups -OCH3 is 1. The number of ether oxygens (including phenoxy) is 2. The monoisotopic (exact) mass is 794 g/mol. The maximum atomic E-state index is 13.6. The van der Waals surface area contributed by atoms with E-state index in [2.05, 4.69) is 41.7 Å². The number of amides is 1. The normalized spacial score (nSPS) is 28.7. The summed E-state index contributed by atoms with van der Waals surface area (Å²) in [6.07, 6.45) is 9.73. The van der Waals surface area contributed by atoms with Crippen molar-refractivity contribution in [2.45, 2.75) is 83.3 Å². The van der Waals surface area contributed by atoms with Gasteiger partial charge in [0.15, 0.2) is 5.82 Å². The van der Waals surface area contributed by atoms with E-state index in [1.165, 1.54) is 5.56 Å². The maximum Gasteiger partial charge on any atom is 0.264 e. The number of piperazine rings is 1. The molecule has 2 fully saturated rings. The molecule has 2 bridgehead atoms. The van der Waals surface area contributed by atoms with Gasteiger partial charge in [0, 0.05) is 63.5 Å². The molecular weight excluding hydrogens is 740 g/mol. The molecule has 1 amide bonds. The van der Waals surface area contributed by atoms with Crippen molar-refractivity contribution in [2.24, 2.45) is 17.8 Å². The molecule has 1 aliphatic carbocycles. The van der Waals surface area contributed by atoms with Crippen molar-refractivity contribution in [3.63, 3.8) is 0 Å². The molecule has 12 nitrogen and oxygen atoms in total. The minimum Gasteiger partial charge on any atom is -0.487 e. The van der Waals surface area contributed by atoms with Crippen molar-refractivity contribution in [2.75, 3.05) is 57.8 Å². The van der Waals surface area contributed by atoms with Gasteiger partial charge in [-0.15, -0.1) is 0 Å². The fourth-order valence-electron chi connectivity index (χ4n) is 8.68. The number of allylic oxidation sites excluding steroid dienone is 1. The van der Waals surface area contributed by atoms with Crippen molar-refractivity contribution >= 4 is 33.2 Å². The average molecular weight is 795 g/mol. The maximum absolute atomic E-state index is 13.6. The van der Waals surface area contributed by atoms with Crippen molar-refractivity contribution in [3.8, 4) is 5.75 Å². The molecule has 4 aliphatic rings. The van der Waals surface area contributed by atoms with Crippen LogP contribution in [0.5, 0.6) is 5.75 Å². The molecule has 14 heteroatoms. The summed E-state index contributed by atoms with van der Waals surface area (Å²) in [5.74, 6) is 1.63. The first-order valence-electron chi connectivity index (χ1n) is 19.7. The van der Waals surface area contributed by atoms with Crippen LogP contribution in [0, 0.1) is 24.7 Å². The quantitative estimate of drug-likeness (QED) is 0.304. The van der Waals surface area contributed by atoms with Crippen molar-refractivity contribution in [1.82, 2.24) is 24.7 Å². The van der Waals surface area contributed by atoms with Gasteiger partial charge in [0.2, 0.25) is 15.9 Å². The Morgan fingerprint density at radius 3 is 2.55 bits per heavy atom. The molecule has 0 radical (unpaired) electrons. The Morgan fingerprint density at radius 1 is 1.02 bits per heavy atom. The number of aryl methyl sites for hydroxylation is 2. The number of anilines is 1. The molecule has 298 valence electrons. The number of carbonyl (C=O) groups is 1. The van der Waals surface area contributed by atoms with Crippen LogP contribution in [0.1, 0.15) is 79.2 Å². The molecule has 3 aromatic rings. The van der Waals surface area contributed by atoms with E-state index in [0.29, 0.717) is 48.0 Å². The van der Waals surface area contributed by atoms with Crippen LogP contribution in [0.15, 0.2) is 53.1 Å². The summed E-state index contributed by atoms with van der Waals surface area (Å²) in [6.45, 7) is 12.2. The summed E-state index contributed by atoms with van der Waals surface area (Å²) in [7, 11) is -2.15. The van der Waals surface area contributed by atoms with Gasteiger partial charge in [0.05, 0.1) is 17.5 Å². The first-order valence-corrected chi connectivity index (χ1v) is 21.7. The van der Waals surface area contributed by atoms with E-state index < -0.39 is 26.8 Å². The van der Waals surface area contributed by atoms with Crippen molar-refractivity contribution in [3.05, 3.63) is 82.0 Å². The van der Waals surface area contributed by atoms with Crippen LogP contribution in [0.3, 0.4) is 0 Å². The standard InChI is InChI=1S/C41H55ClN6O6S/c1-28-8-7-16-41(52-4,27-47-20-18-46(19-21-47)25-39-43-30(3)44-54-39)36-14-11-33(36)24-48-17-6-5-9-31-22-35(42)13-10-34(31)26-53-38-15-12-32(23-37(38)48)40(49)45-55(50,51)29(28)2/h7,10,12-13,15-16,22-23,28-29,33,36H,5-6,8-9,11,14,17-21,24-27H2,1-4H3,(H,45,49)/b16-7+/t28-,29+,33-,36+,41+/m0/s1. The Balaban J connectivity index is 1.20. The minimum atomic E-state index is -3.98. The molecule has 1 N–H and O–H groups in total. The van der Waals surface area contributed by atoms with Gasteiger partial charge in [0.1, 0.15) is 18.0 Å². The predicted molar refractivity (Wildman–Crippen MR) is 213 cm³/mol. The Morgan fingerprint density at radius 2 is 1.82 bits per heavy atom. The summed E-state index contributed by atoms with van der Waals surface area (Å²) >= 11 is 6.41. The number of fused-ring (bicyclic) bond motifs is 3. The number of halogens is 1. The van der Waals surface area contributed by atoms with Crippen LogP contribution in [-0.2, 0) is 34.3 Å². The number of hydrogen-bond acceptors (Lipinski definition) is 11. The number of aromatic nitrogens is 2. The first-order chi connectivity index (χ1) is 26.4. The second kappa shape index (κ2) is 16.9. The number of benzene rings is 2. The second-order valence-electron chi connectivity index (χ2n) is 16.0. The van der Waals surface area contributed by atoms with E-state index in [9.17, 15) is 13.2 Å². The number of sulfonamides is 1. The second-order valence-corrected chi connectivity index (χ2v) is 18.4. The number of rotatable bonds is 5. The predicted octanol–water partition coefficient (Wildman–Crippen LogP) is 6.03. The molecule has 5 atom stereocenters. The van der Waals surface area contributed by atoms with Crippen LogP contribution >= 0.6 is 11.6 Å². The van der Waals surface area contributed by atoms with Crippen molar-refractivity contribution in [1.29, 1.82) is 0 Å². The number of nitrogens with zero attached hydrogens (tertiary/aromatic N) is 5. The van der Waals surface area contributed by atoms with E-state index in [-0.39, 0.29) is 17.4 Å². The molecule has 0 unspecified atom stereocenters. The smallest absolute Gasteiger partial charge is 0.264 e. The summed E-state index contributed by atoms with van der Waals surface area (Å²) in [6, 6.07) is 11.2. The fraction of sp³-hybridized carbons (Fsp3) is 0.585. The third kappa shape index (κ3) is 9.06. The topological polar surface area (TPSA) is 130 Å². The summed E-state index contributed by atoms with van der Waals surface area (Å²) in [4.78, 5) is 25.2. The average Bonchev–Trinajstić information content (AvgIpc) is 3.55. The lowest BCUT2D eigenvalue weighted by Gasteiger charge is -2.52. The highest BCUT2D eigenvalue weighted by Gasteiger charge is 2.48. The third-order valence-electron chi connectivity index (χ3n) is 12.4. The molecule has 1 aromatic heterocycles. The zero-order chi connectivity index (χ0) is 38.7. The van der Waals surface area contributed by atoms with E-state index in [1.54, 1.807) is 13.0 Å². The number of nitrogens with one attached hydrogen (secondary N) is 1. The van der Waals surface area contributed by atoms with Gasteiger partial charge in [-0.3, -0.25) is 14.6 Å². The minimum absolute atomic E-state index is 0.234. The Labute approximate surface area is 330 Å². The highest BCUT2D eigenvalue weighted by molar-refractivity contribution is 7.90. The lowest BCUT2D eigenvalue weighted by atomic mass is 9.63. The SMILES string of the molecule is CO[C@@]1(CN2CCN(Cc3nc(C)no3)CC2)/C=C/C[C@H](C)[C@@H](C)S(=O)(=O)NC(=O)c2ccc3c(c2)N(CCCCc2cc(Cl)ccc2CO3)C[C@@H]2CC[C@H]21. The number of hydrogen-bond donors (Lipinski definition) is 1.